The van der Waals surface area contributed by atoms with Gasteiger partial charge in [0, 0.05) is 6.61 Å². The van der Waals surface area contributed by atoms with Crippen molar-refractivity contribution in [3.8, 4) is 6.07 Å². The summed E-state index contributed by atoms with van der Waals surface area (Å²) in [6, 6.07) is 2.53. The van der Waals surface area contributed by atoms with E-state index in [2.05, 4.69) is 6.07 Å². The molecule has 1 saturated carbocycles. The molecule has 1 saturated heterocycles. The summed E-state index contributed by atoms with van der Waals surface area (Å²) < 4.78 is 5.47. The van der Waals surface area contributed by atoms with Gasteiger partial charge in [0.05, 0.1) is 18.6 Å². The molecule has 0 aromatic heterocycles. The molecule has 0 spiro atoms. The molecule has 2 unspecified atom stereocenters. The maximum Gasteiger partial charge on any atom is 0.0662 e. The maximum atomic E-state index is 9.23. The van der Waals surface area contributed by atoms with Gasteiger partial charge in [0.15, 0.2) is 0 Å². The van der Waals surface area contributed by atoms with E-state index < -0.39 is 0 Å². The van der Waals surface area contributed by atoms with Gasteiger partial charge in [-0.05, 0) is 37.5 Å². The molecule has 2 fully saturated rings. The molecule has 1 heterocycles. The summed E-state index contributed by atoms with van der Waals surface area (Å²) in [5.41, 5.74) is 0. The van der Waals surface area contributed by atoms with Crippen LogP contribution in [0.3, 0.4) is 0 Å². The molecule has 0 N–H and O–H groups in total. The van der Waals surface area contributed by atoms with Crippen molar-refractivity contribution < 1.29 is 4.74 Å². The molecule has 2 nitrogen and oxygen atoms in total. The standard InChI is InChI=1S/C12H19NO/c13-8-12(10-4-1-2-5-10)11-6-3-7-14-9-11/h10-12H,1-7,9H2. The summed E-state index contributed by atoms with van der Waals surface area (Å²) in [5, 5.41) is 9.23. The van der Waals surface area contributed by atoms with Gasteiger partial charge < -0.3 is 4.74 Å². The molecule has 78 valence electrons. The fraction of sp³-hybridized carbons (Fsp3) is 0.917. The maximum absolute atomic E-state index is 9.23. The Balaban J connectivity index is 1.93. The van der Waals surface area contributed by atoms with Gasteiger partial charge in [0.2, 0.25) is 0 Å². The second-order valence-corrected chi connectivity index (χ2v) is 4.68. The van der Waals surface area contributed by atoms with Crippen molar-refractivity contribution in [2.75, 3.05) is 13.2 Å². The average Bonchev–Trinajstić information content (AvgIpc) is 2.74. The zero-order valence-corrected chi connectivity index (χ0v) is 8.74. The van der Waals surface area contributed by atoms with E-state index in [9.17, 15) is 5.26 Å². The third kappa shape index (κ3) is 2.09. The zero-order valence-electron chi connectivity index (χ0n) is 8.74. The van der Waals surface area contributed by atoms with E-state index in [0.717, 1.165) is 19.6 Å². The molecule has 0 amide bonds. The molecule has 1 aliphatic heterocycles. The Labute approximate surface area is 86.2 Å². The van der Waals surface area contributed by atoms with Crippen molar-refractivity contribution in [3.05, 3.63) is 0 Å². The Morgan fingerprint density at radius 3 is 2.36 bits per heavy atom. The number of hydrogen-bond acceptors (Lipinski definition) is 2. The molecule has 2 atom stereocenters. The van der Waals surface area contributed by atoms with Crippen LogP contribution in [0.25, 0.3) is 0 Å². The number of rotatable bonds is 2. The molecular weight excluding hydrogens is 174 g/mol. The second-order valence-electron chi connectivity index (χ2n) is 4.68. The van der Waals surface area contributed by atoms with E-state index in [-0.39, 0.29) is 5.92 Å². The van der Waals surface area contributed by atoms with Gasteiger partial charge in [-0.25, -0.2) is 0 Å². The largest absolute Gasteiger partial charge is 0.381 e. The average molecular weight is 193 g/mol. The van der Waals surface area contributed by atoms with E-state index >= 15 is 0 Å². The Hall–Kier alpha value is -0.550. The highest BCUT2D eigenvalue weighted by Gasteiger charge is 2.32. The summed E-state index contributed by atoms with van der Waals surface area (Å²) in [4.78, 5) is 0. The Bertz CT molecular complexity index is 209. The van der Waals surface area contributed by atoms with Crippen molar-refractivity contribution in [3.63, 3.8) is 0 Å². The van der Waals surface area contributed by atoms with Crippen molar-refractivity contribution in [2.45, 2.75) is 38.5 Å². The molecule has 0 radical (unpaired) electrons. The number of nitriles is 1. The highest BCUT2D eigenvalue weighted by molar-refractivity contribution is 4.94. The van der Waals surface area contributed by atoms with Crippen LogP contribution >= 0.6 is 0 Å². The van der Waals surface area contributed by atoms with E-state index in [0.29, 0.717) is 11.8 Å². The van der Waals surface area contributed by atoms with Gasteiger partial charge in [-0.15, -0.1) is 0 Å². The van der Waals surface area contributed by atoms with Crippen molar-refractivity contribution in [2.24, 2.45) is 17.8 Å². The molecule has 1 aliphatic carbocycles. The van der Waals surface area contributed by atoms with E-state index in [1.807, 2.05) is 0 Å². The summed E-state index contributed by atoms with van der Waals surface area (Å²) >= 11 is 0. The predicted molar refractivity (Wildman–Crippen MR) is 54.6 cm³/mol. The Morgan fingerprint density at radius 1 is 1.07 bits per heavy atom. The monoisotopic (exact) mass is 193 g/mol. The third-order valence-electron chi connectivity index (χ3n) is 3.76. The lowest BCUT2D eigenvalue weighted by Gasteiger charge is -2.29. The fourth-order valence-corrected chi connectivity index (χ4v) is 2.96. The predicted octanol–water partition coefficient (Wildman–Crippen LogP) is 2.74. The highest BCUT2D eigenvalue weighted by Crippen LogP contribution is 2.37. The van der Waals surface area contributed by atoms with Crippen molar-refractivity contribution >= 4 is 0 Å². The first-order valence-electron chi connectivity index (χ1n) is 5.89. The summed E-state index contributed by atoms with van der Waals surface area (Å²) in [6.45, 7) is 1.73. The highest BCUT2D eigenvalue weighted by atomic mass is 16.5. The van der Waals surface area contributed by atoms with Gasteiger partial charge >= 0.3 is 0 Å². The summed E-state index contributed by atoms with van der Waals surface area (Å²) in [6.07, 6.45) is 7.56. The van der Waals surface area contributed by atoms with Crippen LogP contribution in [0.15, 0.2) is 0 Å². The molecule has 2 aliphatic rings. The Kier molecular flexibility index (Phi) is 3.42. The normalized spacial score (nSPS) is 31.2. The van der Waals surface area contributed by atoms with Gasteiger partial charge in [-0.1, -0.05) is 12.8 Å². The van der Waals surface area contributed by atoms with Crippen LogP contribution < -0.4 is 0 Å². The molecular formula is C12H19NO. The fourth-order valence-electron chi connectivity index (χ4n) is 2.96. The Morgan fingerprint density at radius 2 is 1.79 bits per heavy atom. The number of nitrogens with zero attached hydrogens (tertiary/aromatic N) is 1. The zero-order chi connectivity index (χ0) is 9.80. The first-order chi connectivity index (χ1) is 6.92. The molecule has 2 heteroatoms. The van der Waals surface area contributed by atoms with Gasteiger partial charge in [-0.3, -0.25) is 0 Å². The van der Waals surface area contributed by atoms with Crippen molar-refractivity contribution in [1.82, 2.24) is 0 Å². The van der Waals surface area contributed by atoms with E-state index in [4.69, 9.17) is 4.74 Å². The number of hydrogen-bond donors (Lipinski definition) is 0. The van der Waals surface area contributed by atoms with Crippen LogP contribution in [-0.2, 0) is 4.74 Å². The lowest BCUT2D eigenvalue weighted by atomic mass is 9.79. The lowest BCUT2D eigenvalue weighted by Crippen LogP contribution is -2.28. The topological polar surface area (TPSA) is 33.0 Å². The first kappa shape index (κ1) is 9.98. The minimum atomic E-state index is 0.276. The van der Waals surface area contributed by atoms with Crippen LogP contribution in [0.4, 0.5) is 0 Å². The quantitative estimate of drug-likeness (QED) is 0.675. The minimum absolute atomic E-state index is 0.276. The van der Waals surface area contributed by atoms with Gasteiger partial charge in [0.25, 0.3) is 0 Å². The van der Waals surface area contributed by atoms with Crippen LogP contribution in [-0.4, -0.2) is 13.2 Å². The first-order valence-corrected chi connectivity index (χ1v) is 5.89. The van der Waals surface area contributed by atoms with Crippen LogP contribution in [0.1, 0.15) is 38.5 Å². The molecule has 2 rings (SSSR count). The summed E-state index contributed by atoms with van der Waals surface area (Å²) in [5.74, 6) is 1.47. The molecule has 0 bridgehead atoms. The molecule has 0 aromatic rings. The second kappa shape index (κ2) is 4.79. The molecule has 14 heavy (non-hydrogen) atoms. The van der Waals surface area contributed by atoms with Crippen molar-refractivity contribution in [1.29, 1.82) is 5.26 Å². The SMILES string of the molecule is N#CC(C1CCCC1)C1CCCOC1. The lowest BCUT2D eigenvalue weighted by molar-refractivity contribution is 0.0301. The van der Waals surface area contributed by atoms with Crippen LogP contribution in [0.5, 0.6) is 0 Å². The third-order valence-corrected chi connectivity index (χ3v) is 3.76. The molecule has 0 aromatic carbocycles. The summed E-state index contributed by atoms with van der Waals surface area (Å²) in [7, 11) is 0. The minimum Gasteiger partial charge on any atom is -0.381 e. The van der Waals surface area contributed by atoms with Crippen LogP contribution in [0, 0.1) is 29.1 Å². The van der Waals surface area contributed by atoms with E-state index in [1.54, 1.807) is 0 Å². The smallest absolute Gasteiger partial charge is 0.0662 e. The van der Waals surface area contributed by atoms with Gasteiger partial charge in [-0.2, -0.15) is 5.26 Å². The van der Waals surface area contributed by atoms with Gasteiger partial charge in [0.1, 0.15) is 0 Å². The number of ether oxygens (including phenoxy) is 1. The van der Waals surface area contributed by atoms with Crippen LogP contribution in [0.2, 0.25) is 0 Å². The van der Waals surface area contributed by atoms with E-state index in [1.165, 1.54) is 32.1 Å².